The fourth-order valence-electron chi connectivity index (χ4n) is 2.83. The number of piperidine rings is 1. The molecule has 5 heteroatoms. The Balaban J connectivity index is 1.88. The lowest BCUT2D eigenvalue weighted by atomic mass is 9.99. The number of benzene rings is 1. The highest BCUT2D eigenvalue weighted by Gasteiger charge is 2.21. The molecule has 0 saturated carbocycles. The second kappa shape index (κ2) is 7.43. The molecule has 116 valence electrons. The predicted octanol–water partition coefficient (Wildman–Crippen LogP) is 1.87. The molecule has 5 nitrogen and oxygen atoms in total. The number of hydrogen-bond acceptors (Lipinski definition) is 4. The third-order valence-electron chi connectivity index (χ3n) is 3.91. The number of nitrogens with two attached hydrogens (primary N) is 1. The van der Waals surface area contributed by atoms with Gasteiger partial charge in [-0.15, -0.1) is 0 Å². The van der Waals surface area contributed by atoms with Crippen LogP contribution < -0.4 is 11.1 Å². The van der Waals surface area contributed by atoms with E-state index in [9.17, 15) is 4.79 Å². The van der Waals surface area contributed by atoms with Crippen molar-refractivity contribution >= 4 is 17.3 Å². The van der Waals surface area contributed by atoms with Crippen molar-refractivity contribution in [3.63, 3.8) is 0 Å². The number of likely N-dealkylation sites (tertiary alicyclic amines) is 1. The number of nitrogens with one attached hydrogen (secondary N) is 1. The Morgan fingerprint density at radius 3 is 3.10 bits per heavy atom. The first-order valence-electron chi connectivity index (χ1n) is 7.45. The maximum absolute atomic E-state index is 12.2. The van der Waals surface area contributed by atoms with Gasteiger partial charge in [-0.05, 0) is 49.9 Å². The minimum absolute atomic E-state index is 0.0155. The van der Waals surface area contributed by atoms with E-state index in [4.69, 9.17) is 10.5 Å². The monoisotopic (exact) mass is 291 g/mol. The Bertz CT molecular complexity index is 488. The summed E-state index contributed by atoms with van der Waals surface area (Å²) in [4.78, 5) is 14.4. The highest BCUT2D eigenvalue weighted by Crippen LogP contribution is 2.19. The average Bonchev–Trinajstić information content (AvgIpc) is 2.43. The van der Waals surface area contributed by atoms with Gasteiger partial charge in [0.15, 0.2) is 0 Å². The molecule has 1 aromatic carbocycles. The summed E-state index contributed by atoms with van der Waals surface area (Å²) in [6, 6.07) is 5.56. The average molecular weight is 291 g/mol. The van der Waals surface area contributed by atoms with Crippen molar-refractivity contribution in [1.82, 2.24) is 4.90 Å². The number of carbonyl (C=O) groups excluding carboxylic acids is 1. The van der Waals surface area contributed by atoms with E-state index in [0.29, 0.717) is 18.2 Å². The fraction of sp³-hybridized carbons (Fsp3) is 0.562. The lowest BCUT2D eigenvalue weighted by Crippen LogP contribution is -2.41. The number of anilines is 2. The van der Waals surface area contributed by atoms with Crippen molar-refractivity contribution in [3.05, 3.63) is 23.8 Å². The highest BCUT2D eigenvalue weighted by atomic mass is 16.5. The zero-order valence-corrected chi connectivity index (χ0v) is 12.9. The zero-order chi connectivity index (χ0) is 15.2. The molecule has 21 heavy (non-hydrogen) atoms. The molecule has 1 unspecified atom stereocenters. The Morgan fingerprint density at radius 1 is 1.52 bits per heavy atom. The predicted molar refractivity (Wildman–Crippen MR) is 85.3 cm³/mol. The van der Waals surface area contributed by atoms with Gasteiger partial charge in [0.05, 0.1) is 13.2 Å². The van der Waals surface area contributed by atoms with E-state index in [0.717, 1.165) is 37.4 Å². The van der Waals surface area contributed by atoms with Crippen molar-refractivity contribution < 1.29 is 9.53 Å². The van der Waals surface area contributed by atoms with Crippen molar-refractivity contribution in [3.8, 4) is 0 Å². The molecule has 2 rings (SSSR count). The SMILES string of the molecule is COCC1CCCN(CC(=O)Nc2cc(N)ccc2C)C1. The molecule has 0 bridgehead atoms. The van der Waals surface area contributed by atoms with E-state index >= 15 is 0 Å². The number of ether oxygens (including phenoxy) is 1. The van der Waals surface area contributed by atoms with Crippen molar-refractivity contribution in [2.45, 2.75) is 19.8 Å². The molecule has 3 N–H and O–H groups in total. The normalized spacial score (nSPS) is 19.4. The fourth-order valence-corrected chi connectivity index (χ4v) is 2.83. The van der Waals surface area contributed by atoms with Crippen molar-refractivity contribution in [1.29, 1.82) is 0 Å². The molecule has 1 aromatic rings. The van der Waals surface area contributed by atoms with E-state index in [-0.39, 0.29) is 5.91 Å². The van der Waals surface area contributed by atoms with Gasteiger partial charge >= 0.3 is 0 Å². The Labute approximate surface area is 126 Å². The smallest absolute Gasteiger partial charge is 0.238 e. The summed E-state index contributed by atoms with van der Waals surface area (Å²) in [7, 11) is 1.73. The van der Waals surface area contributed by atoms with E-state index in [1.54, 1.807) is 13.2 Å². The number of rotatable bonds is 5. The molecule has 1 atom stereocenters. The Hall–Kier alpha value is -1.59. The van der Waals surface area contributed by atoms with Gasteiger partial charge in [-0.2, -0.15) is 0 Å². The second-order valence-electron chi connectivity index (χ2n) is 5.82. The molecule has 1 amide bonds. The van der Waals surface area contributed by atoms with Crippen molar-refractivity contribution in [2.24, 2.45) is 5.92 Å². The number of methoxy groups -OCH3 is 1. The quantitative estimate of drug-likeness (QED) is 0.813. The Kier molecular flexibility index (Phi) is 5.59. The van der Waals surface area contributed by atoms with Gasteiger partial charge in [0.2, 0.25) is 5.91 Å². The third-order valence-corrected chi connectivity index (χ3v) is 3.91. The molecule has 1 heterocycles. The van der Waals surface area contributed by atoms with Gasteiger partial charge in [-0.25, -0.2) is 0 Å². The second-order valence-corrected chi connectivity index (χ2v) is 5.82. The van der Waals surface area contributed by atoms with Gasteiger partial charge < -0.3 is 15.8 Å². The maximum atomic E-state index is 12.2. The molecule has 0 aromatic heterocycles. The Morgan fingerprint density at radius 2 is 2.33 bits per heavy atom. The summed E-state index contributed by atoms with van der Waals surface area (Å²) in [6.07, 6.45) is 2.30. The molecule has 0 radical (unpaired) electrons. The summed E-state index contributed by atoms with van der Waals surface area (Å²) in [5.41, 5.74) is 8.24. The molecule has 0 spiro atoms. The van der Waals surface area contributed by atoms with E-state index in [2.05, 4.69) is 10.2 Å². The minimum atomic E-state index is 0.0155. The summed E-state index contributed by atoms with van der Waals surface area (Å²) < 4.78 is 5.22. The van der Waals surface area contributed by atoms with Crippen LogP contribution in [0.1, 0.15) is 18.4 Å². The first-order valence-corrected chi connectivity index (χ1v) is 7.45. The van der Waals surface area contributed by atoms with E-state index in [1.165, 1.54) is 6.42 Å². The third kappa shape index (κ3) is 4.72. The van der Waals surface area contributed by atoms with Crippen LogP contribution in [0.2, 0.25) is 0 Å². The standard InChI is InChI=1S/C16H25N3O2/c1-12-5-6-14(17)8-15(12)18-16(20)10-19-7-3-4-13(9-19)11-21-2/h5-6,8,13H,3-4,7,9-11,17H2,1-2H3,(H,18,20). The molecule has 1 fully saturated rings. The van der Waals surface area contributed by atoms with Crippen LogP contribution in [-0.2, 0) is 9.53 Å². The number of carbonyl (C=O) groups is 1. The summed E-state index contributed by atoms with van der Waals surface area (Å²) in [5.74, 6) is 0.549. The molecule has 1 aliphatic rings. The van der Waals surface area contributed by atoms with Gasteiger partial charge in [-0.3, -0.25) is 9.69 Å². The summed E-state index contributed by atoms with van der Waals surface area (Å²) in [6.45, 7) is 5.06. The van der Waals surface area contributed by atoms with Crippen LogP contribution in [0.25, 0.3) is 0 Å². The van der Waals surface area contributed by atoms with Crippen LogP contribution in [0.5, 0.6) is 0 Å². The number of hydrogen-bond donors (Lipinski definition) is 2. The number of aryl methyl sites for hydroxylation is 1. The van der Waals surface area contributed by atoms with Gasteiger partial charge in [0.1, 0.15) is 0 Å². The van der Waals surface area contributed by atoms with Gasteiger partial charge in [0.25, 0.3) is 0 Å². The molecular formula is C16H25N3O2. The molecular weight excluding hydrogens is 266 g/mol. The first-order chi connectivity index (χ1) is 10.1. The molecule has 1 saturated heterocycles. The van der Waals surface area contributed by atoms with Crippen LogP contribution in [0.3, 0.4) is 0 Å². The maximum Gasteiger partial charge on any atom is 0.238 e. The van der Waals surface area contributed by atoms with Crippen LogP contribution in [0, 0.1) is 12.8 Å². The van der Waals surface area contributed by atoms with Gasteiger partial charge in [-0.1, -0.05) is 6.07 Å². The molecule has 1 aliphatic heterocycles. The van der Waals surface area contributed by atoms with Crippen LogP contribution in [0.15, 0.2) is 18.2 Å². The van der Waals surface area contributed by atoms with Crippen molar-refractivity contribution in [2.75, 3.05) is 44.4 Å². The lowest BCUT2D eigenvalue weighted by Gasteiger charge is -2.31. The topological polar surface area (TPSA) is 67.6 Å². The lowest BCUT2D eigenvalue weighted by molar-refractivity contribution is -0.117. The largest absolute Gasteiger partial charge is 0.399 e. The van der Waals surface area contributed by atoms with Gasteiger partial charge in [0, 0.05) is 25.0 Å². The zero-order valence-electron chi connectivity index (χ0n) is 12.9. The van der Waals surface area contributed by atoms with Crippen LogP contribution >= 0.6 is 0 Å². The van der Waals surface area contributed by atoms with Crippen LogP contribution in [-0.4, -0.2) is 44.2 Å². The highest BCUT2D eigenvalue weighted by molar-refractivity contribution is 5.93. The van der Waals surface area contributed by atoms with E-state index < -0.39 is 0 Å². The first kappa shape index (κ1) is 15.8. The van der Waals surface area contributed by atoms with E-state index in [1.807, 2.05) is 19.1 Å². The summed E-state index contributed by atoms with van der Waals surface area (Å²) in [5, 5.41) is 2.95. The summed E-state index contributed by atoms with van der Waals surface area (Å²) >= 11 is 0. The number of amides is 1. The number of nitrogens with zero attached hydrogens (tertiary/aromatic N) is 1. The van der Waals surface area contributed by atoms with Crippen LogP contribution in [0.4, 0.5) is 11.4 Å². The number of nitrogen functional groups attached to an aromatic ring is 1. The minimum Gasteiger partial charge on any atom is -0.399 e. The molecule has 0 aliphatic carbocycles.